The summed E-state index contributed by atoms with van der Waals surface area (Å²) in [6.07, 6.45) is -2.97. The monoisotopic (exact) mass is 488 g/mol. The van der Waals surface area contributed by atoms with Crippen LogP contribution in [0.4, 0.5) is 13.2 Å². The average molecular weight is 488 g/mol. The molecule has 0 atom stereocenters. The second-order valence-electron chi connectivity index (χ2n) is 8.08. The van der Waals surface area contributed by atoms with Gasteiger partial charge >= 0.3 is 6.18 Å². The van der Waals surface area contributed by atoms with Crippen LogP contribution >= 0.6 is 0 Å². The molecule has 0 fully saturated rings. The fourth-order valence-electron chi connectivity index (χ4n) is 4.24. The van der Waals surface area contributed by atoms with Gasteiger partial charge in [-0.05, 0) is 23.8 Å². The molecular weight excluding hydrogens is 469 g/mol. The molecule has 1 aliphatic heterocycles. The number of nitrogens with one attached hydrogen (secondary N) is 1. The van der Waals surface area contributed by atoms with Crippen molar-refractivity contribution in [3.05, 3.63) is 93.8 Å². The van der Waals surface area contributed by atoms with E-state index in [1.165, 1.54) is 16.1 Å². The van der Waals surface area contributed by atoms with Gasteiger partial charge in [0.2, 0.25) is 5.82 Å². The molecule has 0 unspecified atom stereocenters. The van der Waals surface area contributed by atoms with Gasteiger partial charge in [0.15, 0.2) is 0 Å². The quantitative estimate of drug-likeness (QED) is 0.475. The van der Waals surface area contributed by atoms with E-state index in [1.807, 2.05) is 22.0 Å². The minimum absolute atomic E-state index is 0.112. The van der Waals surface area contributed by atoms with Crippen LogP contribution in [0, 0.1) is 0 Å². The third kappa shape index (κ3) is 3.90. The molecule has 0 saturated heterocycles. The summed E-state index contributed by atoms with van der Waals surface area (Å²) in [5, 5.41) is 0.743. The van der Waals surface area contributed by atoms with E-state index in [2.05, 4.69) is 4.98 Å². The zero-order valence-corrected chi connectivity index (χ0v) is 18.5. The van der Waals surface area contributed by atoms with E-state index in [1.54, 1.807) is 36.5 Å². The summed E-state index contributed by atoms with van der Waals surface area (Å²) in [4.78, 5) is 19.8. The SMILES string of the molecule is O=c1[nH]c(C(F)(F)F)nc2c1CN(Cc1cn(S(=O)(=O)c3ccccc3)c3ccccc13)CC2. The zero-order valence-electron chi connectivity index (χ0n) is 17.7. The van der Waals surface area contributed by atoms with Gasteiger partial charge < -0.3 is 4.98 Å². The Labute approximate surface area is 192 Å². The van der Waals surface area contributed by atoms with E-state index in [0.29, 0.717) is 18.6 Å². The summed E-state index contributed by atoms with van der Waals surface area (Å²) in [7, 11) is -3.83. The molecule has 11 heteroatoms. The van der Waals surface area contributed by atoms with Crippen LogP contribution in [0.1, 0.15) is 22.6 Å². The molecule has 0 aliphatic carbocycles. The summed E-state index contributed by atoms with van der Waals surface area (Å²) in [6.45, 7) is 0.810. The van der Waals surface area contributed by atoms with Crippen LogP contribution in [0.2, 0.25) is 0 Å². The third-order valence-electron chi connectivity index (χ3n) is 5.87. The van der Waals surface area contributed by atoms with E-state index >= 15 is 0 Å². The molecule has 176 valence electrons. The number of rotatable bonds is 4. The van der Waals surface area contributed by atoms with Crippen LogP contribution in [-0.4, -0.2) is 33.8 Å². The number of halogens is 3. The number of aromatic amines is 1. The maximum Gasteiger partial charge on any atom is 0.449 e. The fourth-order valence-corrected chi connectivity index (χ4v) is 5.65. The Morgan fingerprint density at radius 1 is 1.03 bits per heavy atom. The Bertz CT molecular complexity index is 1540. The Balaban J connectivity index is 1.49. The molecule has 3 heterocycles. The van der Waals surface area contributed by atoms with Crippen LogP contribution in [0.3, 0.4) is 0 Å². The molecule has 4 aromatic rings. The van der Waals surface area contributed by atoms with E-state index in [-0.39, 0.29) is 29.1 Å². The highest BCUT2D eigenvalue weighted by atomic mass is 32.2. The highest BCUT2D eigenvalue weighted by molar-refractivity contribution is 7.90. The number of aromatic nitrogens is 3. The van der Waals surface area contributed by atoms with Crippen molar-refractivity contribution in [1.29, 1.82) is 0 Å². The molecule has 5 rings (SSSR count). The van der Waals surface area contributed by atoms with Crippen molar-refractivity contribution < 1.29 is 21.6 Å². The van der Waals surface area contributed by atoms with Crippen molar-refractivity contribution in [3.8, 4) is 0 Å². The smallest absolute Gasteiger partial charge is 0.303 e. The second-order valence-corrected chi connectivity index (χ2v) is 9.90. The maximum atomic E-state index is 13.3. The predicted molar refractivity (Wildman–Crippen MR) is 119 cm³/mol. The molecule has 0 bridgehead atoms. The predicted octanol–water partition coefficient (Wildman–Crippen LogP) is 3.54. The van der Waals surface area contributed by atoms with E-state index in [4.69, 9.17) is 0 Å². The third-order valence-corrected chi connectivity index (χ3v) is 7.56. The number of H-pyrrole nitrogens is 1. The van der Waals surface area contributed by atoms with Crippen molar-refractivity contribution in [2.75, 3.05) is 6.54 Å². The van der Waals surface area contributed by atoms with Gasteiger partial charge in [-0.2, -0.15) is 13.2 Å². The van der Waals surface area contributed by atoms with E-state index < -0.39 is 27.6 Å². The Kier molecular flexibility index (Phi) is 5.33. The molecular formula is C23H19F3N4O3S. The van der Waals surface area contributed by atoms with Crippen LogP contribution in [-0.2, 0) is 35.7 Å². The van der Waals surface area contributed by atoms with Crippen LogP contribution in [0.15, 0.2) is 70.5 Å². The largest absolute Gasteiger partial charge is 0.449 e. The number of hydrogen-bond acceptors (Lipinski definition) is 5. The summed E-state index contributed by atoms with van der Waals surface area (Å²) < 4.78 is 66.7. The molecule has 1 N–H and O–H groups in total. The molecule has 7 nitrogen and oxygen atoms in total. The first kappa shape index (κ1) is 22.4. The zero-order chi connectivity index (χ0) is 24.1. The summed E-state index contributed by atoms with van der Waals surface area (Å²) in [5.74, 6) is -1.29. The first-order valence-electron chi connectivity index (χ1n) is 10.5. The Morgan fingerprint density at radius 2 is 1.74 bits per heavy atom. The standard InChI is InChI=1S/C23H19F3N4O3S/c24-23(25,26)22-27-19-10-11-29(14-18(19)21(31)28-22)12-15-13-30(20-9-5-4-8-17(15)20)34(32,33)16-6-2-1-3-7-16/h1-9,13H,10-12,14H2,(H,27,28,31). The Hall–Kier alpha value is -3.44. The molecule has 0 saturated carbocycles. The highest BCUT2D eigenvalue weighted by Gasteiger charge is 2.36. The van der Waals surface area contributed by atoms with Crippen LogP contribution in [0.5, 0.6) is 0 Å². The first-order valence-corrected chi connectivity index (χ1v) is 11.9. The van der Waals surface area contributed by atoms with Crippen molar-refractivity contribution in [2.45, 2.75) is 30.6 Å². The minimum atomic E-state index is -4.72. The van der Waals surface area contributed by atoms with Crippen LogP contribution < -0.4 is 5.56 Å². The maximum absolute atomic E-state index is 13.3. The number of nitrogens with zero attached hydrogens (tertiary/aromatic N) is 3. The number of para-hydroxylation sites is 1. The molecule has 0 spiro atoms. The van der Waals surface area contributed by atoms with Crippen molar-refractivity contribution in [3.63, 3.8) is 0 Å². The molecule has 2 aromatic heterocycles. The average Bonchev–Trinajstić information content (AvgIpc) is 3.18. The molecule has 2 aromatic carbocycles. The lowest BCUT2D eigenvalue weighted by Gasteiger charge is -2.27. The van der Waals surface area contributed by atoms with E-state index in [9.17, 15) is 26.4 Å². The summed E-state index contributed by atoms with van der Waals surface area (Å²) >= 11 is 0. The topological polar surface area (TPSA) is 88.1 Å². The molecule has 0 radical (unpaired) electrons. The number of benzene rings is 2. The van der Waals surface area contributed by atoms with Gasteiger partial charge in [-0.15, -0.1) is 0 Å². The van der Waals surface area contributed by atoms with Gasteiger partial charge in [-0.3, -0.25) is 9.69 Å². The Morgan fingerprint density at radius 3 is 2.47 bits per heavy atom. The van der Waals surface area contributed by atoms with Gasteiger partial charge in [-0.1, -0.05) is 36.4 Å². The lowest BCUT2D eigenvalue weighted by atomic mass is 10.1. The summed E-state index contributed by atoms with van der Waals surface area (Å²) in [5.41, 5.74) is 0.778. The van der Waals surface area contributed by atoms with Gasteiger partial charge in [0.25, 0.3) is 15.6 Å². The molecule has 34 heavy (non-hydrogen) atoms. The lowest BCUT2D eigenvalue weighted by molar-refractivity contribution is -0.145. The molecule has 0 amide bonds. The number of hydrogen-bond donors (Lipinski definition) is 1. The second kappa shape index (κ2) is 8.10. The summed E-state index contributed by atoms with van der Waals surface area (Å²) in [6, 6.07) is 15.2. The fraction of sp³-hybridized carbons (Fsp3) is 0.217. The first-order chi connectivity index (χ1) is 16.1. The number of fused-ring (bicyclic) bond motifs is 2. The van der Waals surface area contributed by atoms with Gasteiger partial charge in [-0.25, -0.2) is 17.4 Å². The minimum Gasteiger partial charge on any atom is -0.303 e. The van der Waals surface area contributed by atoms with Crippen molar-refractivity contribution in [1.82, 2.24) is 18.8 Å². The van der Waals surface area contributed by atoms with Gasteiger partial charge in [0, 0.05) is 37.6 Å². The highest BCUT2D eigenvalue weighted by Crippen LogP contribution is 2.29. The van der Waals surface area contributed by atoms with Gasteiger partial charge in [0.05, 0.1) is 21.7 Å². The van der Waals surface area contributed by atoms with Crippen LogP contribution in [0.25, 0.3) is 10.9 Å². The van der Waals surface area contributed by atoms with E-state index in [0.717, 1.165) is 10.9 Å². The normalized spacial score (nSPS) is 14.9. The van der Waals surface area contributed by atoms with Crippen molar-refractivity contribution >= 4 is 20.9 Å². The number of alkyl halides is 3. The lowest BCUT2D eigenvalue weighted by Crippen LogP contribution is -2.36. The van der Waals surface area contributed by atoms with Crippen molar-refractivity contribution in [2.24, 2.45) is 0 Å². The molecule has 1 aliphatic rings. The van der Waals surface area contributed by atoms with Gasteiger partial charge in [0.1, 0.15) is 0 Å².